The molecule has 0 aliphatic rings. The van der Waals surface area contributed by atoms with E-state index < -0.39 is 44.9 Å². The largest absolute Gasteiger partial charge is 0.342 e. The first-order chi connectivity index (χ1) is 20.2. The van der Waals surface area contributed by atoms with Gasteiger partial charge in [0.15, 0.2) is 0 Å². The molecule has 0 aliphatic heterocycles. The summed E-state index contributed by atoms with van der Waals surface area (Å²) in [7, 11) is -0.736. The molecule has 0 heterocycles. The molecule has 3 atom stereocenters. The number of hydrogen-bond acceptors (Lipinski definition) is 6. The lowest BCUT2D eigenvalue weighted by molar-refractivity contribution is -0.140. The quantitative estimate of drug-likeness (QED) is 0.302. The number of carbonyl (C=O) groups is 3. The zero-order chi connectivity index (χ0) is 33.6. The van der Waals surface area contributed by atoms with Gasteiger partial charge in [0, 0.05) is 18.0 Å². The average Bonchev–Trinajstić information content (AvgIpc) is 2.93. The van der Waals surface area contributed by atoms with Crippen molar-refractivity contribution < 1.29 is 22.8 Å². The Morgan fingerprint density at radius 1 is 0.886 bits per heavy atom. The Morgan fingerprint density at radius 3 is 1.93 bits per heavy atom. The molecule has 10 heteroatoms. The number of nitrogens with zero attached hydrogens (tertiary/aromatic N) is 1. The van der Waals surface area contributed by atoms with Gasteiger partial charge in [-0.25, -0.2) is 13.1 Å². The minimum Gasteiger partial charge on any atom is -0.342 e. The minimum atomic E-state index is -4.09. The van der Waals surface area contributed by atoms with Gasteiger partial charge in [-0.05, 0) is 49.4 Å². The fraction of sp³-hybridized carbons (Fsp3) is 0.500. The maximum Gasteiger partial charge on any atom is 0.264 e. The first-order valence-electron chi connectivity index (χ1n) is 14.9. The molecule has 2 aromatic rings. The number of nitrogens with one attached hydrogen (secondary N) is 3. The number of likely N-dealkylation sites (N-methyl/N-ethyl adjacent to an activating group) is 2. The third-order valence-corrected chi connectivity index (χ3v) is 9.55. The second-order valence-corrected chi connectivity index (χ2v) is 15.0. The predicted molar refractivity (Wildman–Crippen MR) is 175 cm³/mol. The van der Waals surface area contributed by atoms with Crippen LogP contribution in [0.5, 0.6) is 0 Å². The highest BCUT2D eigenvalue weighted by atomic mass is 32.2. The van der Waals surface area contributed by atoms with Crippen LogP contribution in [0.1, 0.15) is 66.5 Å². The average molecular weight is 627 g/mol. The number of benzene rings is 2. The van der Waals surface area contributed by atoms with Crippen LogP contribution in [0.15, 0.2) is 71.1 Å². The molecule has 9 nitrogen and oxygen atoms in total. The normalized spacial score (nSPS) is 14.9. The lowest BCUT2D eigenvalue weighted by Crippen LogP contribution is -2.61. The molecular formula is C34H50N4O5S. The summed E-state index contributed by atoms with van der Waals surface area (Å²) in [4.78, 5) is 42.4. The van der Waals surface area contributed by atoms with Gasteiger partial charge < -0.3 is 15.5 Å². The predicted octanol–water partition coefficient (Wildman–Crippen LogP) is 4.33. The van der Waals surface area contributed by atoms with Crippen molar-refractivity contribution in [1.82, 2.24) is 20.3 Å². The van der Waals surface area contributed by atoms with E-state index >= 15 is 0 Å². The minimum absolute atomic E-state index is 0.0212. The van der Waals surface area contributed by atoms with Crippen molar-refractivity contribution in [3.63, 3.8) is 0 Å². The van der Waals surface area contributed by atoms with Gasteiger partial charge >= 0.3 is 0 Å². The van der Waals surface area contributed by atoms with Gasteiger partial charge in [-0.3, -0.25) is 14.4 Å². The topological polar surface area (TPSA) is 125 Å². The van der Waals surface area contributed by atoms with Gasteiger partial charge in [0.05, 0.1) is 17.0 Å². The summed E-state index contributed by atoms with van der Waals surface area (Å²) in [5.74, 6) is -1.54. The highest BCUT2D eigenvalue weighted by molar-refractivity contribution is 7.90. The Labute approximate surface area is 263 Å². The number of amides is 3. The van der Waals surface area contributed by atoms with Crippen LogP contribution >= 0.6 is 0 Å². The van der Waals surface area contributed by atoms with Gasteiger partial charge in [-0.15, -0.1) is 0 Å². The Balaban J connectivity index is 2.34. The highest BCUT2D eigenvalue weighted by Gasteiger charge is 2.41. The second-order valence-electron chi connectivity index (χ2n) is 13.4. The molecule has 2 rings (SSSR count). The van der Waals surface area contributed by atoms with Crippen molar-refractivity contribution in [2.45, 2.75) is 90.7 Å². The van der Waals surface area contributed by atoms with Gasteiger partial charge in [0.25, 0.3) is 15.9 Å². The number of hydrogen-bond donors (Lipinski definition) is 3. The van der Waals surface area contributed by atoms with Crippen molar-refractivity contribution in [2.24, 2.45) is 11.3 Å². The van der Waals surface area contributed by atoms with Crippen molar-refractivity contribution >= 4 is 27.7 Å². The third-order valence-electron chi connectivity index (χ3n) is 8.06. The number of carbonyl (C=O) groups excluding carboxylic acids is 3. The molecule has 2 aromatic carbocycles. The molecule has 0 bridgehead atoms. The molecule has 0 aliphatic carbocycles. The number of sulfonamides is 1. The number of aryl methyl sites for hydroxylation is 1. The molecule has 242 valence electrons. The van der Waals surface area contributed by atoms with Crippen molar-refractivity contribution in [3.8, 4) is 0 Å². The Bertz CT molecular complexity index is 1460. The molecule has 0 saturated heterocycles. The van der Waals surface area contributed by atoms with E-state index in [1.54, 1.807) is 45.3 Å². The first kappa shape index (κ1) is 36.7. The summed E-state index contributed by atoms with van der Waals surface area (Å²) < 4.78 is 28.0. The van der Waals surface area contributed by atoms with Gasteiger partial charge in [-0.2, -0.15) is 0 Å². The zero-order valence-corrected chi connectivity index (χ0v) is 28.8. The van der Waals surface area contributed by atoms with E-state index in [2.05, 4.69) is 15.4 Å². The fourth-order valence-corrected chi connectivity index (χ4v) is 6.54. The van der Waals surface area contributed by atoms with E-state index in [4.69, 9.17) is 0 Å². The van der Waals surface area contributed by atoms with E-state index in [-0.39, 0.29) is 28.2 Å². The lowest BCUT2D eigenvalue weighted by atomic mass is 9.76. The molecule has 0 radical (unpaired) electrons. The van der Waals surface area contributed by atoms with E-state index in [1.165, 1.54) is 17.9 Å². The van der Waals surface area contributed by atoms with E-state index in [9.17, 15) is 22.8 Å². The SMILES string of the molecule is CN[C@H](C(=O)NC(C(=O)N(C)[C@H](/C=C(\C)C(=O)NS(=O)(=O)c1ccccc1C)C(C)C)C(C)(C)C)C(C)(C)c1ccccc1. The summed E-state index contributed by atoms with van der Waals surface area (Å²) >= 11 is 0. The van der Waals surface area contributed by atoms with Crippen LogP contribution in [0.2, 0.25) is 0 Å². The highest BCUT2D eigenvalue weighted by Crippen LogP contribution is 2.29. The maximum atomic E-state index is 14.1. The molecule has 44 heavy (non-hydrogen) atoms. The van der Waals surface area contributed by atoms with Gasteiger partial charge in [0.2, 0.25) is 11.8 Å². The molecule has 0 aromatic heterocycles. The molecule has 0 fully saturated rings. The van der Waals surface area contributed by atoms with Gasteiger partial charge in [-0.1, -0.05) is 103 Å². The molecule has 1 unspecified atom stereocenters. The van der Waals surface area contributed by atoms with Crippen LogP contribution < -0.4 is 15.4 Å². The smallest absolute Gasteiger partial charge is 0.264 e. The fourth-order valence-electron chi connectivity index (χ4n) is 5.28. The van der Waals surface area contributed by atoms with E-state index in [0.29, 0.717) is 5.56 Å². The Morgan fingerprint density at radius 2 is 1.43 bits per heavy atom. The first-order valence-corrected chi connectivity index (χ1v) is 16.3. The number of rotatable bonds is 12. The lowest BCUT2D eigenvalue weighted by Gasteiger charge is -2.40. The summed E-state index contributed by atoms with van der Waals surface area (Å²) in [5, 5.41) is 6.16. The van der Waals surface area contributed by atoms with Crippen molar-refractivity contribution in [1.29, 1.82) is 0 Å². The maximum absolute atomic E-state index is 14.1. The van der Waals surface area contributed by atoms with E-state index in [1.807, 2.05) is 78.8 Å². The molecular weight excluding hydrogens is 576 g/mol. The monoisotopic (exact) mass is 626 g/mol. The summed E-state index contributed by atoms with van der Waals surface area (Å²) in [6, 6.07) is 14.1. The Hall–Kier alpha value is -3.50. The van der Waals surface area contributed by atoms with Crippen LogP contribution in [-0.4, -0.2) is 63.3 Å². The second kappa shape index (κ2) is 14.5. The summed E-state index contributed by atoms with van der Waals surface area (Å²) in [6.07, 6.45) is 1.60. The van der Waals surface area contributed by atoms with Crippen molar-refractivity contribution in [2.75, 3.05) is 14.1 Å². The molecule has 0 spiro atoms. The zero-order valence-electron chi connectivity index (χ0n) is 28.0. The van der Waals surface area contributed by atoms with Crippen molar-refractivity contribution in [3.05, 3.63) is 77.4 Å². The Kier molecular flexibility index (Phi) is 12.1. The molecule has 3 amide bonds. The van der Waals surface area contributed by atoms with Gasteiger partial charge in [0.1, 0.15) is 6.04 Å². The van der Waals surface area contributed by atoms with Crippen LogP contribution in [0, 0.1) is 18.3 Å². The molecule has 0 saturated carbocycles. The van der Waals surface area contributed by atoms with Crippen LogP contribution in [-0.2, 0) is 29.8 Å². The van der Waals surface area contributed by atoms with Crippen LogP contribution in [0.25, 0.3) is 0 Å². The van der Waals surface area contributed by atoms with Crippen LogP contribution in [0.3, 0.4) is 0 Å². The standard InChI is InChI=1S/C34H50N4O5S/c1-22(2)26(21-24(4)30(39)37-44(42,43)27-20-16-15-17-23(27)3)38(11)32(41)29(33(5,6)7)36-31(40)28(35-10)34(8,9)25-18-13-12-14-19-25/h12-22,26,28-29,35H,1-11H3,(H,36,40)(H,37,39)/b24-21+/t26-,28-,29?/m1/s1. The van der Waals surface area contributed by atoms with E-state index in [0.717, 1.165) is 5.56 Å². The third kappa shape index (κ3) is 8.79. The summed E-state index contributed by atoms with van der Waals surface area (Å²) in [6.45, 7) is 16.6. The molecule has 3 N–H and O–H groups in total. The summed E-state index contributed by atoms with van der Waals surface area (Å²) in [5.41, 5.74) is 0.423. The van der Waals surface area contributed by atoms with Crippen LogP contribution in [0.4, 0.5) is 0 Å².